The average molecular weight is 200 g/mol. The van der Waals surface area contributed by atoms with E-state index in [9.17, 15) is 4.79 Å². The van der Waals surface area contributed by atoms with Crippen LogP contribution in [0.25, 0.3) is 0 Å². The summed E-state index contributed by atoms with van der Waals surface area (Å²) in [6, 6.07) is 0. The van der Waals surface area contributed by atoms with E-state index in [4.69, 9.17) is 14.2 Å². The van der Waals surface area contributed by atoms with Gasteiger partial charge in [0.05, 0.1) is 6.61 Å². The molecule has 1 rings (SSSR count). The summed E-state index contributed by atoms with van der Waals surface area (Å²) in [6.45, 7) is 5.12. The van der Waals surface area contributed by atoms with Crippen molar-refractivity contribution in [3.8, 4) is 0 Å². The molecule has 0 aliphatic carbocycles. The molecule has 0 aromatic rings. The minimum atomic E-state index is -0.811. The Labute approximate surface area is 83.8 Å². The standard InChI is InChI=1S/C10H16O4/c1-3-12-10(13-4-2)9(11)8-6-5-7-14-8/h6,10H,3-5,7H2,1-2H3. The van der Waals surface area contributed by atoms with Crippen LogP contribution in [0, 0.1) is 0 Å². The molecule has 0 saturated heterocycles. The van der Waals surface area contributed by atoms with Gasteiger partial charge in [-0.2, -0.15) is 0 Å². The molecule has 0 spiro atoms. The summed E-state index contributed by atoms with van der Waals surface area (Å²) in [7, 11) is 0. The molecular formula is C10H16O4. The Morgan fingerprint density at radius 3 is 2.57 bits per heavy atom. The van der Waals surface area contributed by atoms with Crippen molar-refractivity contribution < 1.29 is 19.0 Å². The van der Waals surface area contributed by atoms with Crippen LogP contribution < -0.4 is 0 Å². The molecule has 1 aliphatic heterocycles. The maximum Gasteiger partial charge on any atom is 0.252 e. The lowest BCUT2D eigenvalue weighted by Gasteiger charge is -2.15. The van der Waals surface area contributed by atoms with Gasteiger partial charge in [-0.15, -0.1) is 0 Å². The highest BCUT2D eigenvalue weighted by Gasteiger charge is 2.25. The van der Waals surface area contributed by atoms with Gasteiger partial charge in [-0.3, -0.25) is 4.79 Å². The molecule has 0 N–H and O–H groups in total. The van der Waals surface area contributed by atoms with Crippen LogP contribution in [-0.4, -0.2) is 31.9 Å². The van der Waals surface area contributed by atoms with Crippen molar-refractivity contribution in [1.29, 1.82) is 0 Å². The summed E-state index contributed by atoms with van der Waals surface area (Å²) in [4.78, 5) is 11.7. The summed E-state index contributed by atoms with van der Waals surface area (Å²) >= 11 is 0. The largest absolute Gasteiger partial charge is 0.490 e. The van der Waals surface area contributed by atoms with Gasteiger partial charge in [-0.05, 0) is 19.9 Å². The summed E-state index contributed by atoms with van der Waals surface area (Å²) in [5, 5.41) is 0. The Hall–Kier alpha value is -0.870. The highest BCUT2D eigenvalue weighted by molar-refractivity contribution is 5.96. The number of hydrogen-bond donors (Lipinski definition) is 0. The summed E-state index contributed by atoms with van der Waals surface area (Å²) in [5.74, 6) is 0.156. The highest BCUT2D eigenvalue weighted by Crippen LogP contribution is 2.14. The predicted octanol–water partition coefficient (Wildman–Crippen LogP) is 1.26. The van der Waals surface area contributed by atoms with Gasteiger partial charge in [0.25, 0.3) is 5.78 Å². The Bertz CT molecular complexity index is 216. The average Bonchev–Trinajstić information content (AvgIpc) is 2.69. The van der Waals surface area contributed by atoms with Crippen LogP contribution in [0.1, 0.15) is 20.3 Å². The van der Waals surface area contributed by atoms with Crippen molar-refractivity contribution in [1.82, 2.24) is 0 Å². The van der Waals surface area contributed by atoms with Crippen LogP contribution in [0.15, 0.2) is 11.8 Å². The SMILES string of the molecule is CCOC(OCC)C(=O)C1=CCCO1. The third-order valence-corrected chi connectivity index (χ3v) is 1.80. The monoisotopic (exact) mass is 200 g/mol. The van der Waals surface area contributed by atoms with Crippen molar-refractivity contribution in [2.24, 2.45) is 0 Å². The molecule has 0 saturated carbocycles. The van der Waals surface area contributed by atoms with Gasteiger partial charge in [0.2, 0.25) is 6.29 Å². The van der Waals surface area contributed by atoms with Gasteiger partial charge >= 0.3 is 0 Å². The van der Waals surface area contributed by atoms with E-state index in [-0.39, 0.29) is 5.78 Å². The van der Waals surface area contributed by atoms with Crippen molar-refractivity contribution in [2.45, 2.75) is 26.6 Å². The van der Waals surface area contributed by atoms with Crippen molar-refractivity contribution in [2.75, 3.05) is 19.8 Å². The normalized spacial score (nSPS) is 15.5. The zero-order valence-electron chi connectivity index (χ0n) is 8.62. The molecule has 0 amide bonds. The number of carbonyl (C=O) groups is 1. The number of ketones is 1. The number of carbonyl (C=O) groups excluding carboxylic acids is 1. The molecule has 0 aromatic carbocycles. The fourth-order valence-corrected chi connectivity index (χ4v) is 1.21. The van der Waals surface area contributed by atoms with E-state index in [2.05, 4.69) is 0 Å². The Kier molecular flexibility index (Phi) is 4.62. The lowest BCUT2D eigenvalue weighted by atomic mass is 10.3. The van der Waals surface area contributed by atoms with Crippen LogP contribution in [0.4, 0.5) is 0 Å². The first-order chi connectivity index (χ1) is 6.79. The molecule has 0 unspecified atom stereocenters. The van der Waals surface area contributed by atoms with Crippen LogP contribution in [0.3, 0.4) is 0 Å². The van der Waals surface area contributed by atoms with Crippen LogP contribution in [-0.2, 0) is 19.0 Å². The third kappa shape index (κ3) is 2.82. The molecule has 4 heteroatoms. The minimum absolute atomic E-state index is 0.216. The molecule has 0 atom stereocenters. The van der Waals surface area contributed by atoms with E-state index in [1.807, 2.05) is 13.8 Å². The Balaban J connectivity index is 2.53. The molecule has 14 heavy (non-hydrogen) atoms. The van der Waals surface area contributed by atoms with Gasteiger partial charge in [0.1, 0.15) is 0 Å². The summed E-state index contributed by atoms with van der Waals surface area (Å²) < 4.78 is 15.5. The van der Waals surface area contributed by atoms with Crippen LogP contribution in [0.2, 0.25) is 0 Å². The van der Waals surface area contributed by atoms with Crippen molar-refractivity contribution >= 4 is 5.78 Å². The first-order valence-corrected chi connectivity index (χ1v) is 4.90. The quantitative estimate of drug-likeness (QED) is 0.605. The number of hydrogen-bond acceptors (Lipinski definition) is 4. The molecular weight excluding hydrogens is 184 g/mol. The number of rotatable bonds is 6. The predicted molar refractivity (Wildman–Crippen MR) is 50.7 cm³/mol. The molecule has 0 fully saturated rings. The van der Waals surface area contributed by atoms with E-state index >= 15 is 0 Å². The van der Waals surface area contributed by atoms with Crippen molar-refractivity contribution in [3.63, 3.8) is 0 Å². The minimum Gasteiger partial charge on any atom is -0.490 e. The van der Waals surface area contributed by atoms with Crippen molar-refractivity contribution in [3.05, 3.63) is 11.8 Å². The van der Waals surface area contributed by atoms with Gasteiger partial charge in [0.15, 0.2) is 5.76 Å². The van der Waals surface area contributed by atoms with Crippen LogP contribution >= 0.6 is 0 Å². The number of Topliss-reactive ketones (excluding diaryl/α,β-unsaturated/α-hetero) is 1. The molecule has 80 valence electrons. The molecule has 4 nitrogen and oxygen atoms in total. The van der Waals surface area contributed by atoms with Gasteiger partial charge in [0, 0.05) is 19.6 Å². The molecule has 1 aliphatic rings. The van der Waals surface area contributed by atoms with Gasteiger partial charge in [-0.1, -0.05) is 0 Å². The van der Waals surface area contributed by atoms with E-state index in [0.717, 1.165) is 6.42 Å². The lowest BCUT2D eigenvalue weighted by molar-refractivity contribution is -0.166. The van der Waals surface area contributed by atoms with Crippen LogP contribution in [0.5, 0.6) is 0 Å². The molecule has 1 heterocycles. The third-order valence-electron chi connectivity index (χ3n) is 1.80. The maximum absolute atomic E-state index is 11.7. The van der Waals surface area contributed by atoms with Gasteiger partial charge < -0.3 is 14.2 Å². The van der Waals surface area contributed by atoms with E-state index in [0.29, 0.717) is 25.6 Å². The van der Waals surface area contributed by atoms with E-state index in [1.54, 1.807) is 6.08 Å². The van der Waals surface area contributed by atoms with E-state index in [1.165, 1.54) is 0 Å². The Morgan fingerprint density at radius 1 is 1.50 bits per heavy atom. The second-order valence-corrected chi connectivity index (χ2v) is 2.81. The lowest BCUT2D eigenvalue weighted by Crippen LogP contribution is -2.29. The zero-order valence-corrected chi connectivity index (χ0v) is 8.62. The highest BCUT2D eigenvalue weighted by atomic mass is 16.7. The fourth-order valence-electron chi connectivity index (χ4n) is 1.21. The molecule has 0 aromatic heterocycles. The molecule has 0 radical (unpaired) electrons. The molecule has 0 bridgehead atoms. The first-order valence-electron chi connectivity index (χ1n) is 4.90. The maximum atomic E-state index is 11.7. The van der Waals surface area contributed by atoms with Gasteiger partial charge in [-0.25, -0.2) is 0 Å². The first kappa shape index (κ1) is 11.2. The summed E-state index contributed by atoms with van der Waals surface area (Å²) in [5.41, 5.74) is 0. The smallest absolute Gasteiger partial charge is 0.252 e. The fraction of sp³-hybridized carbons (Fsp3) is 0.700. The second-order valence-electron chi connectivity index (χ2n) is 2.81. The Morgan fingerprint density at radius 2 is 2.14 bits per heavy atom. The number of ether oxygens (including phenoxy) is 3. The zero-order chi connectivity index (χ0) is 10.4. The topological polar surface area (TPSA) is 44.8 Å². The second kappa shape index (κ2) is 5.78. The summed E-state index contributed by atoms with van der Waals surface area (Å²) in [6.07, 6.45) is 1.74. The van der Waals surface area contributed by atoms with E-state index < -0.39 is 6.29 Å².